The number of ether oxygens (including phenoxy) is 1. The molecular weight excluding hydrogens is 256 g/mol. The second-order valence-electron chi connectivity index (χ2n) is 5.26. The molecule has 20 heavy (non-hydrogen) atoms. The third kappa shape index (κ3) is 4.78. The Balaban J connectivity index is 2.56. The van der Waals surface area contributed by atoms with Gasteiger partial charge in [-0.05, 0) is 39.2 Å². The Labute approximate surface area is 122 Å². The molecule has 1 unspecified atom stereocenters. The first-order chi connectivity index (χ1) is 9.63. The number of esters is 1. The lowest BCUT2D eigenvalue weighted by Crippen LogP contribution is -2.45. The molecule has 0 spiro atoms. The van der Waals surface area contributed by atoms with E-state index in [1.54, 1.807) is 0 Å². The Bertz CT molecular complexity index is 314. The number of hydrogen-bond donors (Lipinski definition) is 0. The first kappa shape index (κ1) is 17.0. The lowest BCUT2D eigenvalue weighted by molar-refractivity contribution is -0.149. The van der Waals surface area contributed by atoms with E-state index in [4.69, 9.17) is 4.74 Å². The van der Waals surface area contributed by atoms with E-state index in [0.717, 1.165) is 45.3 Å². The first-order valence-electron chi connectivity index (χ1n) is 7.82. The van der Waals surface area contributed by atoms with Crippen LogP contribution in [0.15, 0.2) is 0 Å². The first-order valence-corrected chi connectivity index (χ1v) is 7.82. The van der Waals surface area contributed by atoms with Crippen LogP contribution in [0.1, 0.15) is 46.5 Å². The third-order valence-corrected chi connectivity index (χ3v) is 3.60. The molecule has 0 N–H and O–H groups in total. The molecule has 116 valence electrons. The number of nitrogens with zero attached hydrogens (tertiary/aromatic N) is 2. The van der Waals surface area contributed by atoms with Crippen molar-refractivity contribution >= 4 is 11.9 Å². The van der Waals surface area contributed by atoms with Gasteiger partial charge in [-0.25, -0.2) is 0 Å². The van der Waals surface area contributed by atoms with Gasteiger partial charge in [0.15, 0.2) is 0 Å². The molecule has 5 heteroatoms. The molecule has 1 aliphatic rings. The largest absolute Gasteiger partial charge is 0.465 e. The normalized spacial score (nSPS) is 19.1. The predicted molar refractivity (Wildman–Crippen MR) is 78.4 cm³/mol. The molecule has 0 aliphatic carbocycles. The highest BCUT2D eigenvalue weighted by molar-refractivity contribution is 5.81. The van der Waals surface area contributed by atoms with E-state index < -0.39 is 0 Å². The number of carbonyl (C=O) groups excluding carboxylic acids is 2. The second kappa shape index (κ2) is 8.95. The van der Waals surface area contributed by atoms with Crippen molar-refractivity contribution in [3.8, 4) is 0 Å². The van der Waals surface area contributed by atoms with Crippen LogP contribution in [0.5, 0.6) is 0 Å². The number of rotatable bonds is 8. The van der Waals surface area contributed by atoms with Gasteiger partial charge in [-0.3, -0.25) is 14.5 Å². The van der Waals surface area contributed by atoms with E-state index in [1.807, 2.05) is 16.7 Å². The highest BCUT2D eigenvalue weighted by Gasteiger charge is 2.33. The topological polar surface area (TPSA) is 49.9 Å². The third-order valence-electron chi connectivity index (χ3n) is 3.60. The van der Waals surface area contributed by atoms with Crippen LogP contribution in [0.25, 0.3) is 0 Å². The molecule has 1 fully saturated rings. The monoisotopic (exact) mass is 284 g/mol. The number of amides is 1. The van der Waals surface area contributed by atoms with Crippen LogP contribution < -0.4 is 0 Å². The van der Waals surface area contributed by atoms with Crippen LogP contribution in [-0.2, 0) is 14.3 Å². The van der Waals surface area contributed by atoms with E-state index in [0.29, 0.717) is 13.2 Å². The Morgan fingerprint density at radius 2 is 1.85 bits per heavy atom. The Hall–Kier alpha value is -1.10. The zero-order chi connectivity index (χ0) is 15.0. The van der Waals surface area contributed by atoms with Gasteiger partial charge < -0.3 is 9.64 Å². The highest BCUT2D eigenvalue weighted by atomic mass is 16.5. The van der Waals surface area contributed by atoms with Gasteiger partial charge in [0.05, 0.1) is 13.2 Å². The van der Waals surface area contributed by atoms with Gasteiger partial charge in [0, 0.05) is 13.1 Å². The second-order valence-corrected chi connectivity index (χ2v) is 5.26. The maximum atomic E-state index is 12.3. The molecule has 0 aromatic carbocycles. The van der Waals surface area contributed by atoms with Crippen molar-refractivity contribution in [1.82, 2.24) is 9.80 Å². The molecule has 0 aromatic heterocycles. The Morgan fingerprint density at radius 3 is 2.40 bits per heavy atom. The molecule has 1 saturated heterocycles. The molecule has 5 nitrogen and oxygen atoms in total. The van der Waals surface area contributed by atoms with Gasteiger partial charge in [-0.15, -0.1) is 0 Å². The minimum Gasteiger partial charge on any atom is -0.465 e. The summed E-state index contributed by atoms with van der Waals surface area (Å²) in [5, 5.41) is 0. The quantitative estimate of drug-likeness (QED) is 0.636. The molecule has 1 rings (SSSR count). The zero-order valence-electron chi connectivity index (χ0n) is 13.1. The summed E-state index contributed by atoms with van der Waals surface area (Å²) in [7, 11) is 0. The van der Waals surface area contributed by atoms with Gasteiger partial charge in [-0.2, -0.15) is 0 Å². The fraction of sp³-hybridized carbons (Fsp3) is 0.867. The van der Waals surface area contributed by atoms with E-state index in [1.165, 1.54) is 0 Å². The van der Waals surface area contributed by atoms with Crippen LogP contribution in [-0.4, -0.2) is 60.5 Å². The minimum atomic E-state index is -0.232. The summed E-state index contributed by atoms with van der Waals surface area (Å²) in [5.41, 5.74) is 0. The Morgan fingerprint density at radius 1 is 1.20 bits per heavy atom. The van der Waals surface area contributed by atoms with E-state index in [2.05, 4.69) is 13.8 Å². The van der Waals surface area contributed by atoms with Crippen LogP contribution in [0.4, 0.5) is 0 Å². The van der Waals surface area contributed by atoms with Crippen LogP contribution >= 0.6 is 0 Å². The highest BCUT2D eigenvalue weighted by Crippen LogP contribution is 2.18. The smallest absolute Gasteiger partial charge is 0.323 e. The molecule has 0 aromatic rings. The summed E-state index contributed by atoms with van der Waals surface area (Å²) in [6.07, 6.45) is 3.69. The molecule has 0 saturated carbocycles. The van der Waals surface area contributed by atoms with Gasteiger partial charge in [0.25, 0.3) is 0 Å². The summed E-state index contributed by atoms with van der Waals surface area (Å²) in [6.45, 7) is 9.10. The number of hydrogen-bond acceptors (Lipinski definition) is 4. The van der Waals surface area contributed by atoms with Crippen LogP contribution in [0.2, 0.25) is 0 Å². The van der Waals surface area contributed by atoms with Crippen molar-refractivity contribution in [2.75, 3.05) is 32.8 Å². The molecule has 1 heterocycles. The van der Waals surface area contributed by atoms with Crippen molar-refractivity contribution in [1.29, 1.82) is 0 Å². The minimum absolute atomic E-state index is 0.130. The zero-order valence-corrected chi connectivity index (χ0v) is 13.1. The number of likely N-dealkylation sites (tertiary alicyclic amines) is 1. The average Bonchev–Trinajstić information content (AvgIpc) is 2.87. The van der Waals surface area contributed by atoms with E-state index >= 15 is 0 Å². The Kier molecular flexibility index (Phi) is 7.59. The maximum Gasteiger partial charge on any atom is 0.323 e. The van der Waals surface area contributed by atoms with Crippen LogP contribution in [0.3, 0.4) is 0 Å². The SMILES string of the molecule is CCCN(CCC)C(=O)CN1CCCC1C(=O)OCC. The molecular formula is C15H28N2O3. The van der Waals surface area contributed by atoms with Crippen molar-refractivity contribution in [3.05, 3.63) is 0 Å². The van der Waals surface area contributed by atoms with Gasteiger partial charge in [0.1, 0.15) is 6.04 Å². The standard InChI is InChI=1S/C15H28N2O3/c1-4-9-16(10-5-2)14(18)12-17-11-7-8-13(17)15(19)20-6-3/h13H,4-12H2,1-3H3. The maximum absolute atomic E-state index is 12.3. The fourth-order valence-corrected chi connectivity index (χ4v) is 2.70. The predicted octanol–water partition coefficient (Wildman–Crippen LogP) is 1.66. The molecule has 1 aliphatic heterocycles. The molecule has 0 bridgehead atoms. The lowest BCUT2D eigenvalue weighted by Gasteiger charge is -2.27. The summed E-state index contributed by atoms with van der Waals surface area (Å²) >= 11 is 0. The summed E-state index contributed by atoms with van der Waals surface area (Å²) < 4.78 is 5.09. The summed E-state index contributed by atoms with van der Waals surface area (Å²) in [4.78, 5) is 28.1. The van der Waals surface area contributed by atoms with Crippen molar-refractivity contribution < 1.29 is 14.3 Å². The van der Waals surface area contributed by atoms with Crippen molar-refractivity contribution in [3.63, 3.8) is 0 Å². The molecule has 1 amide bonds. The summed E-state index contributed by atoms with van der Waals surface area (Å²) in [5.74, 6) is -0.0553. The molecule has 1 atom stereocenters. The van der Waals surface area contributed by atoms with Gasteiger partial charge in [-0.1, -0.05) is 13.8 Å². The van der Waals surface area contributed by atoms with Gasteiger partial charge in [0.2, 0.25) is 5.91 Å². The fourth-order valence-electron chi connectivity index (χ4n) is 2.70. The summed E-state index contributed by atoms with van der Waals surface area (Å²) in [6, 6.07) is -0.232. The lowest BCUT2D eigenvalue weighted by atomic mass is 10.2. The van der Waals surface area contributed by atoms with Gasteiger partial charge >= 0.3 is 5.97 Å². The molecule has 0 radical (unpaired) electrons. The van der Waals surface area contributed by atoms with Crippen molar-refractivity contribution in [2.24, 2.45) is 0 Å². The average molecular weight is 284 g/mol. The van der Waals surface area contributed by atoms with Crippen molar-refractivity contribution in [2.45, 2.75) is 52.5 Å². The number of carbonyl (C=O) groups is 2. The van der Waals surface area contributed by atoms with E-state index in [9.17, 15) is 9.59 Å². The van der Waals surface area contributed by atoms with E-state index in [-0.39, 0.29) is 17.9 Å². The van der Waals surface area contributed by atoms with Crippen LogP contribution in [0, 0.1) is 0 Å².